The third-order valence-electron chi connectivity index (χ3n) is 3.59. The van der Waals surface area contributed by atoms with Gasteiger partial charge in [0.25, 0.3) is 0 Å². The first-order chi connectivity index (χ1) is 11.3. The fourth-order valence-corrected chi connectivity index (χ4v) is 2.47. The van der Waals surface area contributed by atoms with Crippen LogP contribution >= 0.6 is 0 Å². The second-order valence-corrected chi connectivity index (χ2v) is 5.34. The van der Waals surface area contributed by atoms with E-state index in [-0.39, 0.29) is 6.54 Å². The number of ether oxygens (including phenoxy) is 1. The Labute approximate surface area is 138 Å². The van der Waals surface area contributed by atoms with Gasteiger partial charge in [-0.1, -0.05) is 13.0 Å². The molecule has 3 N–H and O–H groups in total. The molecular weight excluding hydrogens is 319 g/mol. The van der Waals surface area contributed by atoms with Crippen LogP contribution in [0.5, 0.6) is 5.75 Å². The number of hydrogen-bond donors (Lipinski definition) is 2. The molecule has 24 heavy (non-hydrogen) atoms. The minimum Gasteiger partial charge on any atom is -0.496 e. The van der Waals surface area contributed by atoms with E-state index < -0.39 is 12.7 Å². The number of nitrogens with two attached hydrogens (primary N) is 1. The van der Waals surface area contributed by atoms with Crippen LogP contribution in [0.3, 0.4) is 0 Å². The molecule has 0 saturated heterocycles. The number of methoxy groups -OCH3 is 1. The number of aromatic nitrogens is 1. The summed E-state index contributed by atoms with van der Waals surface area (Å²) >= 11 is 0. The average Bonchev–Trinajstić information content (AvgIpc) is 2.53. The van der Waals surface area contributed by atoms with E-state index in [9.17, 15) is 13.2 Å². The van der Waals surface area contributed by atoms with Crippen LogP contribution < -0.4 is 15.8 Å². The predicted octanol–water partition coefficient (Wildman–Crippen LogP) is 3.55. The molecular formula is C17H20F3N3O. The van der Waals surface area contributed by atoms with Crippen LogP contribution in [0.15, 0.2) is 30.3 Å². The molecule has 0 radical (unpaired) electrons. The molecule has 0 atom stereocenters. The van der Waals surface area contributed by atoms with Gasteiger partial charge in [0.2, 0.25) is 0 Å². The van der Waals surface area contributed by atoms with E-state index in [1.54, 1.807) is 18.2 Å². The van der Waals surface area contributed by atoms with E-state index in [0.29, 0.717) is 23.7 Å². The van der Waals surface area contributed by atoms with Gasteiger partial charge >= 0.3 is 6.18 Å². The third kappa shape index (κ3) is 4.61. The summed E-state index contributed by atoms with van der Waals surface area (Å²) < 4.78 is 42.3. The van der Waals surface area contributed by atoms with Crippen molar-refractivity contribution in [3.8, 4) is 17.0 Å². The Kier molecular flexibility index (Phi) is 5.66. The SMILES string of the molecule is CCc1cc(-c2cccc(N)n2)c(OC)cc1CNCC(F)(F)F. The smallest absolute Gasteiger partial charge is 0.401 e. The lowest BCUT2D eigenvalue weighted by Crippen LogP contribution is -2.28. The molecule has 0 bridgehead atoms. The first-order valence-electron chi connectivity index (χ1n) is 7.54. The number of aryl methyl sites for hydroxylation is 1. The summed E-state index contributed by atoms with van der Waals surface area (Å²) in [6, 6.07) is 8.94. The molecule has 7 heteroatoms. The highest BCUT2D eigenvalue weighted by molar-refractivity contribution is 5.70. The van der Waals surface area contributed by atoms with E-state index in [0.717, 1.165) is 16.7 Å². The van der Waals surface area contributed by atoms with Gasteiger partial charge in [-0.15, -0.1) is 0 Å². The van der Waals surface area contributed by atoms with E-state index >= 15 is 0 Å². The summed E-state index contributed by atoms with van der Waals surface area (Å²) in [7, 11) is 1.52. The van der Waals surface area contributed by atoms with E-state index in [1.165, 1.54) is 7.11 Å². The van der Waals surface area contributed by atoms with Gasteiger partial charge in [-0.3, -0.25) is 0 Å². The van der Waals surface area contributed by atoms with Crippen LogP contribution in [-0.4, -0.2) is 24.8 Å². The molecule has 2 aromatic rings. The van der Waals surface area contributed by atoms with Gasteiger partial charge < -0.3 is 15.8 Å². The Hall–Kier alpha value is -2.28. The second-order valence-electron chi connectivity index (χ2n) is 5.34. The first kappa shape index (κ1) is 18.1. The van der Waals surface area contributed by atoms with Crippen molar-refractivity contribution in [2.45, 2.75) is 26.1 Å². The third-order valence-corrected chi connectivity index (χ3v) is 3.59. The second kappa shape index (κ2) is 7.53. The lowest BCUT2D eigenvalue weighted by Gasteiger charge is -2.16. The maximum Gasteiger partial charge on any atom is 0.401 e. The lowest BCUT2D eigenvalue weighted by molar-refractivity contribution is -0.125. The number of nitrogens with zero attached hydrogens (tertiary/aromatic N) is 1. The molecule has 0 aliphatic carbocycles. The number of benzene rings is 1. The predicted molar refractivity (Wildman–Crippen MR) is 87.8 cm³/mol. The van der Waals surface area contributed by atoms with Crippen molar-refractivity contribution in [2.75, 3.05) is 19.4 Å². The van der Waals surface area contributed by atoms with Gasteiger partial charge in [-0.2, -0.15) is 13.2 Å². The van der Waals surface area contributed by atoms with Gasteiger partial charge in [0, 0.05) is 12.1 Å². The van der Waals surface area contributed by atoms with Gasteiger partial charge in [-0.25, -0.2) is 4.98 Å². The summed E-state index contributed by atoms with van der Waals surface area (Å²) in [4.78, 5) is 4.28. The molecule has 0 aliphatic rings. The zero-order valence-electron chi connectivity index (χ0n) is 13.6. The molecule has 130 valence electrons. The molecule has 4 nitrogen and oxygen atoms in total. The topological polar surface area (TPSA) is 60.2 Å². The van der Waals surface area contributed by atoms with Crippen molar-refractivity contribution in [3.05, 3.63) is 41.5 Å². The summed E-state index contributed by atoms with van der Waals surface area (Å²) in [5.74, 6) is 0.942. The Bertz CT molecular complexity index is 702. The standard InChI is InChI=1S/C17H20F3N3O/c1-3-11-7-13(14-5-4-6-16(21)23-14)15(24-2)8-12(11)9-22-10-17(18,19)20/h4-8,22H,3,9-10H2,1-2H3,(H2,21,23). The van der Waals surface area contributed by atoms with Crippen molar-refractivity contribution in [2.24, 2.45) is 0 Å². The highest BCUT2D eigenvalue weighted by Crippen LogP contribution is 2.32. The molecule has 0 fully saturated rings. The lowest BCUT2D eigenvalue weighted by atomic mass is 9.98. The van der Waals surface area contributed by atoms with Crippen molar-refractivity contribution in [1.29, 1.82) is 0 Å². The minimum atomic E-state index is -4.23. The van der Waals surface area contributed by atoms with Gasteiger partial charge in [-0.05, 0) is 41.8 Å². The summed E-state index contributed by atoms with van der Waals surface area (Å²) in [6.45, 7) is 1.03. The van der Waals surface area contributed by atoms with E-state index in [2.05, 4.69) is 10.3 Å². The van der Waals surface area contributed by atoms with Crippen LogP contribution in [0.2, 0.25) is 0 Å². The number of hydrogen-bond acceptors (Lipinski definition) is 4. The molecule has 0 amide bonds. The zero-order chi connectivity index (χ0) is 17.7. The molecule has 1 aromatic heterocycles. The number of pyridine rings is 1. The van der Waals surface area contributed by atoms with Crippen LogP contribution in [0.4, 0.5) is 19.0 Å². The van der Waals surface area contributed by atoms with Crippen LogP contribution in [0.1, 0.15) is 18.1 Å². The Morgan fingerprint density at radius 2 is 1.96 bits per heavy atom. The van der Waals surface area contributed by atoms with Crippen molar-refractivity contribution >= 4 is 5.82 Å². The first-order valence-corrected chi connectivity index (χ1v) is 7.54. The van der Waals surface area contributed by atoms with E-state index in [1.807, 2.05) is 19.1 Å². The number of rotatable bonds is 6. The molecule has 0 aliphatic heterocycles. The maximum absolute atomic E-state index is 12.3. The fourth-order valence-electron chi connectivity index (χ4n) is 2.47. The highest BCUT2D eigenvalue weighted by Gasteiger charge is 2.26. The molecule has 0 unspecified atom stereocenters. The Morgan fingerprint density at radius 3 is 2.54 bits per heavy atom. The largest absolute Gasteiger partial charge is 0.496 e. The zero-order valence-corrected chi connectivity index (χ0v) is 13.6. The van der Waals surface area contributed by atoms with Crippen LogP contribution in [0.25, 0.3) is 11.3 Å². The van der Waals surface area contributed by atoms with Crippen molar-refractivity contribution in [1.82, 2.24) is 10.3 Å². The van der Waals surface area contributed by atoms with Gasteiger partial charge in [0.15, 0.2) is 0 Å². The maximum atomic E-state index is 12.3. The summed E-state index contributed by atoms with van der Waals surface area (Å²) in [5, 5.41) is 2.42. The minimum absolute atomic E-state index is 0.115. The fraction of sp³-hybridized carbons (Fsp3) is 0.353. The van der Waals surface area contributed by atoms with Gasteiger partial charge in [0.05, 0.1) is 19.3 Å². The Morgan fingerprint density at radius 1 is 1.21 bits per heavy atom. The van der Waals surface area contributed by atoms with Crippen molar-refractivity contribution in [3.63, 3.8) is 0 Å². The average molecular weight is 339 g/mol. The molecule has 0 saturated carbocycles. The van der Waals surface area contributed by atoms with E-state index in [4.69, 9.17) is 10.5 Å². The normalized spacial score (nSPS) is 11.5. The number of alkyl halides is 3. The van der Waals surface area contributed by atoms with Crippen molar-refractivity contribution < 1.29 is 17.9 Å². The summed E-state index contributed by atoms with van der Waals surface area (Å²) in [6.07, 6.45) is -3.55. The molecule has 0 spiro atoms. The van der Waals surface area contributed by atoms with Crippen LogP contribution in [0, 0.1) is 0 Å². The molecule has 1 aromatic carbocycles. The molecule has 2 rings (SSSR count). The van der Waals surface area contributed by atoms with Crippen LogP contribution in [-0.2, 0) is 13.0 Å². The number of anilines is 1. The summed E-state index contributed by atoms with van der Waals surface area (Å²) in [5.41, 5.74) is 8.86. The van der Waals surface area contributed by atoms with Gasteiger partial charge in [0.1, 0.15) is 11.6 Å². The monoisotopic (exact) mass is 339 g/mol. The molecule has 1 heterocycles. The highest BCUT2D eigenvalue weighted by atomic mass is 19.4. The number of halogens is 3. The Balaban J connectivity index is 2.34. The number of nitrogen functional groups attached to an aromatic ring is 1. The number of nitrogens with one attached hydrogen (secondary N) is 1. The quantitative estimate of drug-likeness (QED) is 0.845.